The number of piperazine rings is 1. The molecule has 1 fully saturated rings. The topological polar surface area (TPSA) is 113 Å². The van der Waals surface area contributed by atoms with E-state index < -0.39 is 10.0 Å². The van der Waals surface area contributed by atoms with Crippen LogP contribution < -0.4 is 5.32 Å². The highest BCUT2D eigenvalue weighted by Crippen LogP contribution is 2.19. The molecule has 1 aromatic carbocycles. The zero-order chi connectivity index (χ0) is 20.9. The quantitative estimate of drug-likeness (QED) is 0.669. The summed E-state index contributed by atoms with van der Waals surface area (Å²) in [6, 6.07) is 7.74. The molecule has 0 unspecified atom stereocenters. The minimum atomic E-state index is -3.71. The molecule has 0 radical (unpaired) electrons. The minimum Gasteiger partial charge on any atom is -0.354 e. The lowest BCUT2D eigenvalue weighted by molar-refractivity contribution is -0.132. The van der Waals surface area contributed by atoms with Crippen LogP contribution in [0.25, 0.3) is 0 Å². The standard InChI is InChI=1S/C19H23N5O4S/c1-15(25)16-4-2-5-17(14-16)29(27,28)24-12-10-23(11-13-24)18(26)6-9-22-19-20-7-3-8-21-19/h2-5,7-8,14H,6,9-13H2,1H3,(H,20,21,22). The van der Waals surface area contributed by atoms with Crippen molar-refractivity contribution in [2.75, 3.05) is 38.0 Å². The van der Waals surface area contributed by atoms with Gasteiger partial charge in [-0.15, -0.1) is 0 Å². The molecular weight excluding hydrogens is 394 g/mol. The maximum absolute atomic E-state index is 12.9. The fraction of sp³-hybridized carbons (Fsp3) is 0.368. The largest absolute Gasteiger partial charge is 0.354 e. The molecule has 29 heavy (non-hydrogen) atoms. The first-order chi connectivity index (χ1) is 13.9. The van der Waals surface area contributed by atoms with Crippen LogP contribution in [0, 0.1) is 0 Å². The number of amides is 1. The summed E-state index contributed by atoms with van der Waals surface area (Å²) in [6.07, 6.45) is 3.50. The molecule has 2 heterocycles. The van der Waals surface area contributed by atoms with Gasteiger partial charge in [-0.3, -0.25) is 9.59 Å². The van der Waals surface area contributed by atoms with Crippen molar-refractivity contribution < 1.29 is 18.0 Å². The number of rotatable bonds is 7. The van der Waals surface area contributed by atoms with Gasteiger partial charge < -0.3 is 10.2 Å². The Hall–Kier alpha value is -2.85. The first-order valence-corrected chi connectivity index (χ1v) is 10.7. The van der Waals surface area contributed by atoms with Crippen molar-refractivity contribution >= 4 is 27.7 Å². The van der Waals surface area contributed by atoms with Gasteiger partial charge in [0, 0.05) is 57.1 Å². The van der Waals surface area contributed by atoms with Crippen LogP contribution in [0.3, 0.4) is 0 Å². The molecule has 0 spiro atoms. The van der Waals surface area contributed by atoms with Crippen molar-refractivity contribution in [2.45, 2.75) is 18.2 Å². The number of aromatic nitrogens is 2. The van der Waals surface area contributed by atoms with Crippen LogP contribution in [0.15, 0.2) is 47.6 Å². The maximum atomic E-state index is 12.9. The Bertz CT molecular complexity index is 973. The predicted octanol–water partition coefficient (Wildman–Crippen LogP) is 1.01. The number of sulfonamides is 1. The van der Waals surface area contributed by atoms with E-state index in [2.05, 4.69) is 15.3 Å². The molecule has 1 amide bonds. The van der Waals surface area contributed by atoms with Gasteiger partial charge in [0.15, 0.2) is 5.78 Å². The Labute approximate surface area is 169 Å². The minimum absolute atomic E-state index is 0.0518. The number of ketones is 1. The van der Waals surface area contributed by atoms with E-state index in [1.54, 1.807) is 35.5 Å². The Balaban J connectivity index is 1.53. The van der Waals surface area contributed by atoms with Crippen molar-refractivity contribution in [2.24, 2.45) is 0 Å². The van der Waals surface area contributed by atoms with Crippen molar-refractivity contribution in [1.29, 1.82) is 0 Å². The number of anilines is 1. The summed E-state index contributed by atoms with van der Waals surface area (Å²) in [5.74, 6) is 0.222. The lowest BCUT2D eigenvalue weighted by atomic mass is 10.2. The number of benzene rings is 1. The molecule has 0 bridgehead atoms. The Morgan fingerprint density at radius 1 is 1.07 bits per heavy atom. The van der Waals surface area contributed by atoms with Gasteiger partial charge in [0.1, 0.15) is 0 Å². The zero-order valence-electron chi connectivity index (χ0n) is 16.1. The summed E-state index contributed by atoms with van der Waals surface area (Å²) >= 11 is 0. The monoisotopic (exact) mass is 417 g/mol. The molecule has 1 aromatic heterocycles. The summed E-state index contributed by atoms with van der Waals surface area (Å²) in [5, 5.41) is 2.98. The number of carbonyl (C=O) groups is 2. The van der Waals surface area contributed by atoms with Crippen LogP contribution >= 0.6 is 0 Å². The second-order valence-electron chi connectivity index (χ2n) is 6.62. The van der Waals surface area contributed by atoms with Crippen LogP contribution in [-0.4, -0.2) is 72.0 Å². The molecule has 2 aromatic rings. The molecule has 0 aliphatic carbocycles. The SMILES string of the molecule is CC(=O)c1cccc(S(=O)(=O)N2CCN(C(=O)CCNc3ncccn3)CC2)c1. The van der Waals surface area contributed by atoms with E-state index >= 15 is 0 Å². The second kappa shape index (κ2) is 9.10. The first-order valence-electron chi connectivity index (χ1n) is 9.28. The molecule has 1 N–H and O–H groups in total. The molecule has 0 atom stereocenters. The Kier molecular flexibility index (Phi) is 6.55. The summed E-state index contributed by atoms with van der Waals surface area (Å²) in [6.45, 7) is 2.88. The first kappa shape index (κ1) is 20.9. The molecule has 154 valence electrons. The van der Waals surface area contributed by atoms with E-state index in [-0.39, 0.29) is 36.1 Å². The van der Waals surface area contributed by atoms with Crippen molar-refractivity contribution in [3.05, 3.63) is 48.3 Å². The Morgan fingerprint density at radius 3 is 2.41 bits per heavy atom. The summed E-state index contributed by atoms with van der Waals surface area (Å²) < 4.78 is 27.1. The van der Waals surface area contributed by atoms with Crippen LogP contribution in [-0.2, 0) is 14.8 Å². The second-order valence-corrected chi connectivity index (χ2v) is 8.56. The van der Waals surface area contributed by atoms with Crippen LogP contribution in [0.2, 0.25) is 0 Å². The van der Waals surface area contributed by atoms with E-state index in [0.29, 0.717) is 31.1 Å². The molecule has 10 heteroatoms. The van der Waals surface area contributed by atoms with E-state index in [1.165, 1.54) is 23.4 Å². The molecule has 1 aliphatic rings. The van der Waals surface area contributed by atoms with Gasteiger partial charge in [-0.1, -0.05) is 12.1 Å². The van der Waals surface area contributed by atoms with Crippen molar-refractivity contribution in [3.8, 4) is 0 Å². The van der Waals surface area contributed by atoms with Crippen LogP contribution in [0.1, 0.15) is 23.7 Å². The molecular formula is C19H23N5O4S. The van der Waals surface area contributed by atoms with E-state index in [9.17, 15) is 18.0 Å². The fourth-order valence-electron chi connectivity index (χ4n) is 3.03. The lowest BCUT2D eigenvalue weighted by Gasteiger charge is -2.34. The number of hydrogen-bond acceptors (Lipinski definition) is 7. The average Bonchev–Trinajstić information content (AvgIpc) is 2.74. The van der Waals surface area contributed by atoms with Crippen LogP contribution in [0.4, 0.5) is 5.95 Å². The molecule has 1 saturated heterocycles. The van der Waals surface area contributed by atoms with E-state index in [0.717, 1.165) is 0 Å². The zero-order valence-corrected chi connectivity index (χ0v) is 16.9. The highest BCUT2D eigenvalue weighted by Gasteiger charge is 2.30. The normalized spacial score (nSPS) is 15.1. The van der Waals surface area contributed by atoms with Crippen LogP contribution in [0.5, 0.6) is 0 Å². The number of nitrogens with one attached hydrogen (secondary N) is 1. The smallest absolute Gasteiger partial charge is 0.243 e. The van der Waals surface area contributed by atoms with Gasteiger partial charge in [0.25, 0.3) is 0 Å². The average molecular weight is 417 g/mol. The molecule has 0 saturated carbocycles. The van der Waals surface area contributed by atoms with Gasteiger partial charge in [0.2, 0.25) is 21.9 Å². The van der Waals surface area contributed by atoms with Gasteiger partial charge in [0.05, 0.1) is 4.90 Å². The van der Waals surface area contributed by atoms with Gasteiger partial charge in [-0.2, -0.15) is 4.31 Å². The molecule has 9 nitrogen and oxygen atoms in total. The summed E-state index contributed by atoms with van der Waals surface area (Å²) in [5.41, 5.74) is 0.356. The number of hydrogen-bond donors (Lipinski definition) is 1. The third-order valence-corrected chi connectivity index (χ3v) is 6.55. The third-order valence-electron chi connectivity index (χ3n) is 4.66. The van der Waals surface area contributed by atoms with Crippen molar-refractivity contribution in [3.63, 3.8) is 0 Å². The number of carbonyl (C=O) groups excluding carboxylic acids is 2. The van der Waals surface area contributed by atoms with E-state index in [1.807, 2.05) is 0 Å². The highest BCUT2D eigenvalue weighted by atomic mass is 32.2. The number of nitrogens with zero attached hydrogens (tertiary/aromatic N) is 4. The maximum Gasteiger partial charge on any atom is 0.243 e. The van der Waals surface area contributed by atoms with Gasteiger partial charge in [-0.05, 0) is 25.1 Å². The highest BCUT2D eigenvalue weighted by molar-refractivity contribution is 7.89. The molecule has 1 aliphatic heterocycles. The van der Waals surface area contributed by atoms with Crippen molar-refractivity contribution in [1.82, 2.24) is 19.2 Å². The lowest BCUT2D eigenvalue weighted by Crippen LogP contribution is -2.50. The predicted molar refractivity (Wildman–Crippen MR) is 107 cm³/mol. The van der Waals surface area contributed by atoms with Gasteiger partial charge >= 0.3 is 0 Å². The summed E-state index contributed by atoms with van der Waals surface area (Å²) in [4.78, 5) is 33.7. The number of Topliss-reactive ketones (excluding diaryl/α,β-unsaturated/α-hetero) is 1. The summed E-state index contributed by atoms with van der Waals surface area (Å²) in [7, 11) is -3.71. The van der Waals surface area contributed by atoms with Gasteiger partial charge in [-0.25, -0.2) is 18.4 Å². The van der Waals surface area contributed by atoms with E-state index in [4.69, 9.17) is 0 Å². The molecule has 3 rings (SSSR count). The third kappa shape index (κ3) is 5.15. The Morgan fingerprint density at radius 2 is 1.76 bits per heavy atom. The fourth-order valence-corrected chi connectivity index (χ4v) is 4.50.